The summed E-state index contributed by atoms with van der Waals surface area (Å²) in [6.45, 7) is 4.45. The molecule has 20 heavy (non-hydrogen) atoms. The normalized spacial score (nSPS) is 16.4. The highest BCUT2D eigenvalue weighted by Gasteiger charge is 2.19. The van der Waals surface area contributed by atoms with Gasteiger partial charge >= 0.3 is 5.97 Å². The van der Waals surface area contributed by atoms with E-state index in [1.54, 1.807) is 4.90 Å². The van der Waals surface area contributed by atoms with Crippen LogP contribution in [0.25, 0.3) is 6.08 Å². The van der Waals surface area contributed by atoms with Gasteiger partial charge in [0, 0.05) is 30.6 Å². The van der Waals surface area contributed by atoms with Gasteiger partial charge in [-0.1, -0.05) is 0 Å². The third kappa shape index (κ3) is 3.68. The Morgan fingerprint density at radius 3 is 2.95 bits per heavy atom. The summed E-state index contributed by atoms with van der Waals surface area (Å²) >= 11 is 1.33. The molecule has 0 radical (unpaired) electrons. The second kappa shape index (κ2) is 6.67. The van der Waals surface area contributed by atoms with E-state index in [1.807, 2.05) is 13.0 Å². The van der Waals surface area contributed by atoms with Crippen LogP contribution in [0.15, 0.2) is 12.1 Å². The molecule has 0 bridgehead atoms. The second-order valence-corrected chi connectivity index (χ2v) is 5.67. The number of carbonyl (C=O) groups is 2. The fraction of sp³-hybridized carbons (Fsp3) is 0.429. The van der Waals surface area contributed by atoms with Gasteiger partial charge in [0.05, 0.1) is 11.5 Å². The molecule has 5 nitrogen and oxygen atoms in total. The minimum absolute atomic E-state index is 0.00132. The summed E-state index contributed by atoms with van der Waals surface area (Å²) in [5.41, 5.74) is 0.918. The molecule has 1 saturated heterocycles. The largest absolute Gasteiger partial charge is 0.478 e. The van der Waals surface area contributed by atoms with Crippen molar-refractivity contribution in [2.75, 3.05) is 26.3 Å². The number of hydrogen-bond donors (Lipinski definition) is 1. The molecule has 0 unspecified atom stereocenters. The van der Waals surface area contributed by atoms with Gasteiger partial charge in [-0.2, -0.15) is 0 Å². The predicted octanol–water partition coefficient (Wildman–Crippen LogP) is 2.02. The zero-order valence-electron chi connectivity index (χ0n) is 11.3. The molecule has 0 aromatic carbocycles. The van der Waals surface area contributed by atoms with Crippen LogP contribution in [-0.2, 0) is 9.53 Å². The number of aryl methyl sites for hydroxylation is 1. The van der Waals surface area contributed by atoms with Crippen LogP contribution in [0, 0.1) is 6.92 Å². The topological polar surface area (TPSA) is 66.8 Å². The number of carbonyl (C=O) groups excluding carboxylic acids is 1. The number of thiophene rings is 1. The number of aliphatic carboxylic acids is 1. The Morgan fingerprint density at radius 2 is 2.20 bits per heavy atom. The molecule has 2 heterocycles. The Balaban J connectivity index is 2.14. The summed E-state index contributed by atoms with van der Waals surface area (Å²) in [5, 5.41) is 8.65. The molecule has 1 amide bonds. The summed E-state index contributed by atoms with van der Waals surface area (Å²) in [6, 6.07) is 1.82. The van der Waals surface area contributed by atoms with Crippen molar-refractivity contribution in [3.05, 3.63) is 27.5 Å². The lowest BCUT2D eigenvalue weighted by atomic mass is 10.2. The second-order valence-electron chi connectivity index (χ2n) is 4.59. The van der Waals surface area contributed by atoms with Crippen LogP contribution in [0.4, 0.5) is 0 Å². The number of nitrogens with zero attached hydrogens (tertiary/aromatic N) is 1. The average molecular weight is 295 g/mol. The van der Waals surface area contributed by atoms with Gasteiger partial charge in [-0.3, -0.25) is 4.79 Å². The van der Waals surface area contributed by atoms with Crippen molar-refractivity contribution in [1.29, 1.82) is 0 Å². The van der Waals surface area contributed by atoms with Crippen LogP contribution in [0.5, 0.6) is 0 Å². The smallest absolute Gasteiger partial charge is 0.328 e. The summed E-state index contributed by atoms with van der Waals surface area (Å²) < 4.78 is 5.34. The van der Waals surface area contributed by atoms with Gasteiger partial charge in [-0.15, -0.1) is 11.3 Å². The Labute approximate surface area is 121 Å². The van der Waals surface area contributed by atoms with E-state index in [0.29, 0.717) is 31.2 Å². The number of hydrogen-bond acceptors (Lipinski definition) is 4. The molecule has 2 rings (SSSR count). The van der Waals surface area contributed by atoms with E-state index in [1.165, 1.54) is 17.4 Å². The van der Waals surface area contributed by atoms with Gasteiger partial charge in [-0.05, 0) is 31.1 Å². The van der Waals surface area contributed by atoms with Crippen molar-refractivity contribution in [3.63, 3.8) is 0 Å². The standard InChI is InChI=1S/C14H17NO4S/c1-10-9-12(20-11(10)3-4-13(16)17)14(18)15-5-2-7-19-8-6-15/h3-4,9H,2,5-8H2,1H3,(H,16,17)/b4-3+. The first-order valence-electron chi connectivity index (χ1n) is 6.46. The zero-order valence-corrected chi connectivity index (χ0v) is 12.1. The monoisotopic (exact) mass is 295 g/mol. The van der Waals surface area contributed by atoms with Crippen LogP contribution in [0.2, 0.25) is 0 Å². The summed E-state index contributed by atoms with van der Waals surface area (Å²) in [7, 11) is 0. The molecule has 1 aromatic rings. The van der Waals surface area contributed by atoms with Crippen LogP contribution in [-0.4, -0.2) is 48.2 Å². The molecule has 1 aliphatic rings. The van der Waals surface area contributed by atoms with Crippen molar-refractivity contribution in [2.24, 2.45) is 0 Å². The third-order valence-electron chi connectivity index (χ3n) is 3.05. The SMILES string of the molecule is Cc1cc(C(=O)N2CCCOCC2)sc1/C=C/C(=O)O. The molecule has 0 spiro atoms. The highest BCUT2D eigenvalue weighted by atomic mass is 32.1. The van der Waals surface area contributed by atoms with Crippen molar-refractivity contribution < 1.29 is 19.4 Å². The van der Waals surface area contributed by atoms with Gasteiger partial charge in [0.15, 0.2) is 0 Å². The maximum atomic E-state index is 12.4. The van der Waals surface area contributed by atoms with Crippen molar-refractivity contribution in [1.82, 2.24) is 4.90 Å². The molecule has 0 atom stereocenters. The molecular weight excluding hydrogens is 278 g/mol. The van der Waals surface area contributed by atoms with Crippen LogP contribution in [0.1, 0.15) is 26.5 Å². The quantitative estimate of drug-likeness (QED) is 0.866. The van der Waals surface area contributed by atoms with Gasteiger partial charge in [0.25, 0.3) is 5.91 Å². The molecule has 0 aliphatic carbocycles. The van der Waals surface area contributed by atoms with E-state index in [-0.39, 0.29) is 5.91 Å². The summed E-state index contributed by atoms with van der Waals surface area (Å²) in [6.07, 6.45) is 3.47. The Kier molecular flexibility index (Phi) is 4.92. The van der Waals surface area contributed by atoms with Crippen LogP contribution in [0.3, 0.4) is 0 Å². The van der Waals surface area contributed by atoms with E-state index in [2.05, 4.69) is 0 Å². The Bertz CT molecular complexity index is 527. The molecular formula is C14H17NO4S. The van der Waals surface area contributed by atoms with Crippen LogP contribution >= 0.6 is 11.3 Å². The first-order chi connectivity index (χ1) is 9.58. The first kappa shape index (κ1) is 14.7. The minimum Gasteiger partial charge on any atom is -0.478 e. The third-order valence-corrected chi connectivity index (χ3v) is 4.24. The molecule has 0 saturated carbocycles. The fourth-order valence-corrected chi connectivity index (χ4v) is 3.06. The lowest BCUT2D eigenvalue weighted by molar-refractivity contribution is -0.131. The molecule has 1 aromatic heterocycles. The molecule has 1 aliphatic heterocycles. The fourth-order valence-electron chi connectivity index (χ4n) is 2.02. The van der Waals surface area contributed by atoms with Gasteiger partial charge in [0.2, 0.25) is 0 Å². The van der Waals surface area contributed by atoms with Crippen molar-refractivity contribution in [2.45, 2.75) is 13.3 Å². The number of rotatable bonds is 3. The lowest BCUT2D eigenvalue weighted by Gasteiger charge is -2.18. The van der Waals surface area contributed by atoms with Gasteiger partial charge in [-0.25, -0.2) is 4.79 Å². The lowest BCUT2D eigenvalue weighted by Crippen LogP contribution is -2.32. The zero-order chi connectivity index (χ0) is 14.5. The molecule has 1 N–H and O–H groups in total. The highest BCUT2D eigenvalue weighted by Crippen LogP contribution is 2.25. The summed E-state index contributed by atoms with van der Waals surface area (Å²) in [4.78, 5) is 26.2. The molecule has 108 valence electrons. The van der Waals surface area contributed by atoms with Crippen molar-refractivity contribution >= 4 is 29.3 Å². The van der Waals surface area contributed by atoms with Crippen molar-refractivity contribution in [3.8, 4) is 0 Å². The predicted molar refractivity (Wildman–Crippen MR) is 77.1 cm³/mol. The Hall–Kier alpha value is -1.66. The van der Waals surface area contributed by atoms with E-state index in [4.69, 9.17) is 9.84 Å². The Morgan fingerprint density at radius 1 is 1.40 bits per heavy atom. The summed E-state index contributed by atoms with van der Waals surface area (Å²) in [5.74, 6) is -0.992. The van der Waals surface area contributed by atoms with Crippen LogP contribution < -0.4 is 0 Å². The van der Waals surface area contributed by atoms with E-state index < -0.39 is 5.97 Å². The number of carboxylic acids is 1. The average Bonchev–Trinajstić information content (AvgIpc) is 2.64. The van der Waals surface area contributed by atoms with Gasteiger partial charge < -0.3 is 14.7 Å². The number of amides is 1. The maximum absolute atomic E-state index is 12.4. The molecule has 6 heteroatoms. The number of carboxylic acid groups (broad SMARTS) is 1. The highest BCUT2D eigenvalue weighted by molar-refractivity contribution is 7.15. The minimum atomic E-state index is -0.990. The maximum Gasteiger partial charge on any atom is 0.328 e. The molecule has 1 fully saturated rings. The first-order valence-corrected chi connectivity index (χ1v) is 7.28. The van der Waals surface area contributed by atoms with E-state index in [0.717, 1.165) is 22.9 Å². The van der Waals surface area contributed by atoms with Gasteiger partial charge in [0.1, 0.15) is 0 Å². The van der Waals surface area contributed by atoms with E-state index >= 15 is 0 Å². The van der Waals surface area contributed by atoms with E-state index in [9.17, 15) is 9.59 Å². The number of ether oxygens (including phenoxy) is 1.